The standard InChI is InChI=1S/C26H36N2.CH3.Ni/c1-17(2)21-11-9-12-22(18(3)4)25(21)27-15-16-28-26-23(19(5)6)13-10-14-24(26)20(7)8;;/h9-20H,1-8H3;1H3;/q;-1;. The maximum Gasteiger partial charge on any atom is 0.0699 e. The molecule has 0 atom stereocenters. The van der Waals surface area contributed by atoms with Crippen molar-refractivity contribution in [3.8, 4) is 0 Å². The van der Waals surface area contributed by atoms with Gasteiger partial charge in [0.25, 0.3) is 0 Å². The van der Waals surface area contributed by atoms with Crippen molar-refractivity contribution in [3.05, 3.63) is 66.1 Å². The van der Waals surface area contributed by atoms with Crippen molar-refractivity contribution in [2.24, 2.45) is 9.98 Å². The first-order chi connectivity index (χ1) is 13.2. The summed E-state index contributed by atoms with van der Waals surface area (Å²) in [5.41, 5.74) is 7.37. The molecular formula is C27H39N2Ni-. The average molecular weight is 450 g/mol. The van der Waals surface area contributed by atoms with Gasteiger partial charge in [-0.1, -0.05) is 91.8 Å². The fourth-order valence-corrected chi connectivity index (χ4v) is 3.54. The molecule has 0 radical (unpaired) electrons. The topological polar surface area (TPSA) is 24.7 Å². The molecule has 0 aliphatic rings. The van der Waals surface area contributed by atoms with Crippen LogP contribution in [0.1, 0.15) is 101 Å². The van der Waals surface area contributed by atoms with Crippen LogP contribution in [0.15, 0.2) is 46.4 Å². The number of rotatable bonds is 7. The van der Waals surface area contributed by atoms with E-state index in [9.17, 15) is 0 Å². The molecule has 2 aromatic carbocycles. The summed E-state index contributed by atoms with van der Waals surface area (Å²) in [5, 5.41) is 0. The summed E-state index contributed by atoms with van der Waals surface area (Å²) >= 11 is 0. The molecule has 0 unspecified atom stereocenters. The molecule has 0 bridgehead atoms. The molecule has 0 aliphatic heterocycles. The van der Waals surface area contributed by atoms with Crippen LogP contribution in [-0.4, -0.2) is 12.4 Å². The van der Waals surface area contributed by atoms with E-state index in [-0.39, 0.29) is 23.9 Å². The Bertz CT molecular complexity index is 722. The molecule has 2 nitrogen and oxygen atoms in total. The number of nitrogens with zero attached hydrogens (tertiary/aromatic N) is 2. The molecule has 2 aromatic rings. The van der Waals surface area contributed by atoms with Crippen molar-refractivity contribution in [1.82, 2.24) is 0 Å². The molecule has 0 aliphatic carbocycles. The molecule has 0 aromatic heterocycles. The van der Waals surface area contributed by atoms with Crippen molar-refractivity contribution in [2.75, 3.05) is 0 Å². The molecule has 0 amide bonds. The van der Waals surface area contributed by atoms with E-state index in [1.165, 1.54) is 22.3 Å². The first-order valence-electron chi connectivity index (χ1n) is 10.6. The minimum atomic E-state index is 0. The largest absolute Gasteiger partial charge is 0.358 e. The quantitative estimate of drug-likeness (QED) is 0.229. The Labute approximate surface area is 195 Å². The van der Waals surface area contributed by atoms with Crippen molar-refractivity contribution in [2.45, 2.75) is 79.1 Å². The van der Waals surface area contributed by atoms with Crippen LogP contribution in [0.2, 0.25) is 0 Å². The number of para-hydroxylation sites is 2. The van der Waals surface area contributed by atoms with Gasteiger partial charge in [0.2, 0.25) is 0 Å². The zero-order chi connectivity index (χ0) is 20.8. The summed E-state index contributed by atoms with van der Waals surface area (Å²) < 4.78 is 0. The molecule has 3 heteroatoms. The van der Waals surface area contributed by atoms with E-state index in [0.29, 0.717) is 23.7 Å². The van der Waals surface area contributed by atoms with Gasteiger partial charge in [0.15, 0.2) is 0 Å². The van der Waals surface area contributed by atoms with E-state index in [0.717, 1.165) is 11.4 Å². The van der Waals surface area contributed by atoms with E-state index in [2.05, 4.69) is 91.8 Å². The van der Waals surface area contributed by atoms with E-state index < -0.39 is 0 Å². The van der Waals surface area contributed by atoms with Crippen LogP contribution >= 0.6 is 0 Å². The summed E-state index contributed by atoms with van der Waals surface area (Å²) in [6.07, 6.45) is 3.71. The maximum atomic E-state index is 4.84. The fourth-order valence-electron chi connectivity index (χ4n) is 3.54. The molecule has 0 saturated heterocycles. The Morgan fingerprint density at radius 2 is 0.767 bits per heavy atom. The van der Waals surface area contributed by atoms with Crippen LogP contribution < -0.4 is 0 Å². The van der Waals surface area contributed by atoms with E-state index in [1.807, 2.05) is 12.4 Å². The van der Waals surface area contributed by atoms with Gasteiger partial charge >= 0.3 is 0 Å². The second-order valence-corrected chi connectivity index (χ2v) is 8.75. The van der Waals surface area contributed by atoms with Gasteiger partial charge in [-0.15, -0.1) is 0 Å². The predicted molar refractivity (Wildman–Crippen MR) is 132 cm³/mol. The van der Waals surface area contributed by atoms with Gasteiger partial charge in [0, 0.05) is 28.9 Å². The second kappa shape index (κ2) is 12.9. The van der Waals surface area contributed by atoms with E-state index >= 15 is 0 Å². The molecule has 0 heterocycles. The summed E-state index contributed by atoms with van der Waals surface area (Å²) in [4.78, 5) is 9.68. The van der Waals surface area contributed by atoms with Crippen molar-refractivity contribution in [1.29, 1.82) is 0 Å². The Morgan fingerprint density at radius 1 is 0.533 bits per heavy atom. The van der Waals surface area contributed by atoms with Crippen molar-refractivity contribution in [3.63, 3.8) is 0 Å². The summed E-state index contributed by atoms with van der Waals surface area (Å²) in [5.74, 6) is 1.77. The minimum Gasteiger partial charge on any atom is -0.358 e. The number of benzene rings is 2. The van der Waals surface area contributed by atoms with Crippen LogP contribution in [0, 0.1) is 7.43 Å². The fraction of sp³-hybridized carbons (Fsp3) is 0.444. The Balaban J connectivity index is 0.00000420. The summed E-state index contributed by atoms with van der Waals surface area (Å²) in [6, 6.07) is 13.0. The van der Waals surface area contributed by atoms with Gasteiger partial charge in [0.05, 0.1) is 11.4 Å². The van der Waals surface area contributed by atoms with Gasteiger partial charge in [0.1, 0.15) is 0 Å². The molecule has 0 fully saturated rings. The van der Waals surface area contributed by atoms with Gasteiger partial charge in [-0.3, -0.25) is 9.98 Å². The number of hydrogen-bond donors (Lipinski definition) is 0. The van der Waals surface area contributed by atoms with Crippen molar-refractivity contribution < 1.29 is 16.5 Å². The third kappa shape index (κ3) is 6.91. The number of aliphatic imine (C=N–C) groups is 2. The van der Waals surface area contributed by atoms with Crippen LogP contribution in [0.3, 0.4) is 0 Å². The van der Waals surface area contributed by atoms with Crippen LogP contribution in [0.4, 0.5) is 11.4 Å². The number of hydrogen-bond acceptors (Lipinski definition) is 2. The zero-order valence-electron chi connectivity index (χ0n) is 20.1. The molecule has 0 N–H and O–H groups in total. The summed E-state index contributed by atoms with van der Waals surface area (Å²) in [7, 11) is 0. The van der Waals surface area contributed by atoms with E-state index in [4.69, 9.17) is 9.98 Å². The Kier molecular flexibility index (Phi) is 12.1. The van der Waals surface area contributed by atoms with Crippen LogP contribution in [0.5, 0.6) is 0 Å². The van der Waals surface area contributed by atoms with Gasteiger partial charge in [-0.05, 0) is 45.9 Å². The average Bonchev–Trinajstić information content (AvgIpc) is 2.64. The zero-order valence-corrected chi connectivity index (χ0v) is 21.1. The molecule has 0 spiro atoms. The molecular weight excluding hydrogens is 411 g/mol. The Morgan fingerprint density at radius 3 is 0.967 bits per heavy atom. The normalized spacial score (nSPS) is 11.7. The Hall–Kier alpha value is -1.73. The minimum absolute atomic E-state index is 0. The maximum absolute atomic E-state index is 4.84. The molecule has 30 heavy (non-hydrogen) atoms. The van der Waals surface area contributed by atoms with Gasteiger partial charge < -0.3 is 7.43 Å². The molecule has 0 saturated carbocycles. The predicted octanol–water partition coefficient (Wildman–Crippen LogP) is 8.73. The van der Waals surface area contributed by atoms with Gasteiger partial charge in [-0.2, -0.15) is 0 Å². The van der Waals surface area contributed by atoms with Crippen molar-refractivity contribution >= 4 is 23.8 Å². The SMILES string of the molecule is CC(C)c1cccc(C(C)C)c1N=CC=Nc1c(C(C)C)cccc1C(C)C.[CH3-].[Ni]. The third-order valence-corrected chi connectivity index (χ3v) is 5.16. The monoisotopic (exact) mass is 449 g/mol. The molecule has 2 rings (SSSR count). The van der Waals surface area contributed by atoms with E-state index in [1.54, 1.807) is 0 Å². The second-order valence-electron chi connectivity index (χ2n) is 8.75. The third-order valence-electron chi connectivity index (χ3n) is 5.16. The first kappa shape index (κ1) is 28.3. The summed E-state index contributed by atoms with van der Waals surface area (Å²) in [6.45, 7) is 17.8. The smallest absolute Gasteiger partial charge is 0.0699 e. The van der Waals surface area contributed by atoms with Gasteiger partial charge in [-0.25, -0.2) is 0 Å². The molecule has 168 valence electrons. The first-order valence-corrected chi connectivity index (χ1v) is 10.6. The van der Waals surface area contributed by atoms with Crippen LogP contribution in [0.25, 0.3) is 0 Å². The van der Waals surface area contributed by atoms with Crippen LogP contribution in [-0.2, 0) is 16.5 Å².